The summed E-state index contributed by atoms with van der Waals surface area (Å²) in [6, 6.07) is 4.65. The van der Waals surface area contributed by atoms with Crippen LogP contribution >= 0.6 is 0 Å². The molecule has 0 aliphatic carbocycles. The lowest BCUT2D eigenvalue weighted by Crippen LogP contribution is -2.43. The molecule has 1 aliphatic heterocycles. The van der Waals surface area contributed by atoms with Gasteiger partial charge < -0.3 is 14.6 Å². The number of nitro benzene ring substituents is 1. The molecule has 2 aromatic rings. The molecule has 1 fully saturated rings. The second-order valence-electron chi connectivity index (χ2n) is 8.75. The van der Waals surface area contributed by atoms with Crippen molar-refractivity contribution in [2.45, 2.75) is 45.8 Å². The van der Waals surface area contributed by atoms with Crippen LogP contribution in [0.1, 0.15) is 39.4 Å². The number of non-ortho nitro benzene ring substituents is 1. The Morgan fingerprint density at radius 2 is 2.07 bits per heavy atom. The average molecular weight is 403 g/mol. The Morgan fingerprint density at radius 3 is 2.69 bits per heavy atom. The van der Waals surface area contributed by atoms with Crippen LogP contribution in [-0.2, 0) is 11.3 Å². The highest BCUT2D eigenvalue weighted by Gasteiger charge is 2.27. The Kier molecular flexibility index (Phi) is 6.07. The lowest BCUT2D eigenvalue weighted by atomic mass is 9.96. The first-order valence-corrected chi connectivity index (χ1v) is 9.90. The number of fused-ring (bicyclic) bond motifs is 1. The molecule has 158 valence electrons. The summed E-state index contributed by atoms with van der Waals surface area (Å²) in [6.45, 7) is 8.59. The van der Waals surface area contributed by atoms with Gasteiger partial charge in [0.05, 0.1) is 22.5 Å². The van der Waals surface area contributed by atoms with E-state index >= 15 is 0 Å². The van der Waals surface area contributed by atoms with Gasteiger partial charge in [-0.1, -0.05) is 0 Å². The molecule has 1 aliphatic rings. The van der Waals surface area contributed by atoms with Crippen LogP contribution in [0.25, 0.3) is 11.0 Å². The van der Waals surface area contributed by atoms with Gasteiger partial charge in [0.25, 0.3) is 5.69 Å². The third kappa shape index (κ3) is 5.66. The van der Waals surface area contributed by atoms with Crippen molar-refractivity contribution in [3.63, 3.8) is 0 Å². The zero-order valence-corrected chi connectivity index (χ0v) is 17.5. The zero-order chi connectivity index (χ0) is 21.2. The maximum Gasteiger partial charge on any atom is 0.410 e. The first-order chi connectivity index (χ1) is 13.6. The van der Waals surface area contributed by atoms with Gasteiger partial charge >= 0.3 is 6.09 Å². The van der Waals surface area contributed by atoms with Crippen molar-refractivity contribution in [2.24, 2.45) is 5.92 Å². The number of aromatic nitrogens is 2. The number of nitrogens with one attached hydrogen (secondary N) is 1. The fourth-order valence-corrected chi connectivity index (χ4v) is 3.62. The minimum atomic E-state index is -0.471. The Balaban J connectivity index is 1.50. The molecule has 1 N–H and O–H groups in total. The summed E-state index contributed by atoms with van der Waals surface area (Å²) in [5.41, 5.74) is 0.983. The molecule has 0 spiro atoms. The minimum Gasteiger partial charge on any atom is -0.444 e. The van der Waals surface area contributed by atoms with E-state index in [1.165, 1.54) is 12.1 Å². The van der Waals surface area contributed by atoms with Crippen molar-refractivity contribution in [3.8, 4) is 0 Å². The van der Waals surface area contributed by atoms with Crippen molar-refractivity contribution in [1.82, 2.24) is 19.8 Å². The first kappa shape index (κ1) is 21.0. The van der Waals surface area contributed by atoms with Crippen LogP contribution in [-0.4, -0.2) is 63.1 Å². The van der Waals surface area contributed by atoms with Crippen LogP contribution in [0.5, 0.6) is 0 Å². The number of aromatic amines is 1. The number of imidazole rings is 1. The van der Waals surface area contributed by atoms with Crippen molar-refractivity contribution in [3.05, 3.63) is 34.1 Å². The number of nitro groups is 1. The van der Waals surface area contributed by atoms with Crippen LogP contribution in [0.3, 0.4) is 0 Å². The van der Waals surface area contributed by atoms with Crippen LogP contribution in [0.2, 0.25) is 0 Å². The molecule has 0 bridgehead atoms. The number of nitrogens with zero attached hydrogens (tertiary/aromatic N) is 4. The fourth-order valence-electron chi connectivity index (χ4n) is 3.62. The molecule has 9 heteroatoms. The molecule has 1 aromatic carbocycles. The van der Waals surface area contributed by atoms with E-state index in [2.05, 4.69) is 14.9 Å². The van der Waals surface area contributed by atoms with E-state index in [4.69, 9.17) is 4.74 Å². The molecule has 0 saturated carbocycles. The minimum absolute atomic E-state index is 0.0535. The van der Waals surface area contributed by atoms with E-state index in [1.807, 2.05) is 27.8 Å². The molecule has 1 amide bonds. The monoisotopic (exact) mass is 403 g/mol. The van der Waals surface area contributed by atoms with E-state index in [0.717, 1.165) is 30.7 Å². The molecule has 0 unspecified atom stereocenters. The number of hydrogen-bond donors (Lipinski definition) is 1. The van der Waals surface area contributed by atoms with E-state index < -0.39 is 10.5 Å². The third-order valence-electron chi connectivity index (χ3n) is 4.98. The summed E-state index contributed by atoms with van der Waals surface area (Å²) in [7, 11) is 2.04. The molecule has 0 atom stereocenters. The van der Waals surface area contributed by atoms with E-state index in [0.29, 0.717) is 31.1 Å². The number of hydrogen-bond acceptors (Lipinski definition) is 6. The maximum atomic E-state index is 12.2. The van der Waals surface area contributed by atoms with Crippen molar-refractivity contribution in [2.75, 3.05) is 26.7 Å². The van der Waals surface area contributed by atoms with Crippen molar-refractivity contribution in [1.29, 1.82) is 0 Å². The Bertz CT molecular complexity index is 881. The van der Waals surface area contributed by atoms with Crippen LogP contribution < -0.4 is 0 Å². The predicted molar refractivity (Wildman–Crippen MR) is 110 cm³/mol. The Morgan fingerprint density at radius 1 is 1.38 bits per heavy atom. The van der Waals surface area contributed by atoms with E-state index in [9.17, 15) is 14.9 Å². The van der Waals surface area contributed by atoms with Crippen molar-refractivity contribution < 1.29 is 14.5 Å². The second-order valence-corrected chi connectivity index (χ2v) is 8.75. The zero-order valence-electron chi connectivity index (χ0n) is 17.5. The van der Waals surface area contributed by atoms with Gasteiger partial charge in [-0.05, 0) is 52.6 Å². The number of piperidine rings is 1. The molecular weight excluding hydrogens is 374 g/mol. The standard InChI is InChI=1S/C20H29N5O4/c1-20(2,3)29-19(26)24-9-7-14(8-10-24)12-23(4)13-18-21-16-6-5-15(25(27)28)11-17(16)22-18/h5-6,11,14H,7-10,12-13H2,1-4H3,(H,21,22). The summed E-state index contributed by atoms with van der Waals surface area (Å²) in [5, 5.41) is 10.9. The van der Waals surface area contributed by atoms with Crippen LogP contribution in [0, 0.1) is 16.0 Å². The number of likely N-dealkylation sites (tertiary alicyclic amines) is 1. The molecular formula is C20H29N5O4. The molecule has 2 heterocycles. The summed E-state index contributed by atoms with van der Waals surface area (Å²) in [6.07, 6.45) is 1.65. The number of rotatable bonds is 5. The summed E-state index contributed by atoms with van der Waals surface area (Å²) >= 11 is 0. The lowest BCUT2D eigenvalue weighted by molar-refractivity contribution is -0.384. The van der Waals surface area contributed by atoms with Gasteiger partial charge in [-0.2, -0.15) is 0 Å². The van der Waals surface area contributed by atoms with Crippen LogP contribution in [0.15, 0.2) is 18.2 Å². The smallest absolute Gasteiger partial charge is 0.410 e. The topological polar surface area (TPSA) is 105 Å². The molecule has 0 radical (unpaired) electrons. The van der Waals surface area contributed by atoms with Gasteiger partial charge in [0.1, 0.15) is 11.4 Å². The Labute approximate surface area is 170 Å². The SMILES string of the molecule is CN(Cc1nc2ccc([N+](=O)[O-])cc2[nH]1)CC1CCN(C(=O)OC(C)(C)C)CC1. The fraction of sp³-hybridized carbons (Fsp3) is 0.600. The maximum absolute atomic E-state index is 12.2. The predicted octanol–water partition coefficient (Wildman–Crippen LogP) is 3.55. The molecule has 1 aromatic heterocycles. The van der Waals surface area contributed by atoms with E-state index in [1.54, 1.807) is 11.0 Å². The van der Waals surface area contributed by atoms with Crippen molar-refractivity contribution >= 4 is 22.8 Å². The van der Waals surface area contributed by atoms with Gasteiger partial charge in [-0.3, -0.25) is 15.0 Å². The molecule has 3 rings (SSSR count). The highest BCUT2D eigenvalue weighted by atomic mass is 16.6. The van der Waals surface area contributed by atoms with Gasteiger partial charge in [0.2, 0.25) is 0 Å². The normalized spacial score (nSPS) is 15.8. The number of carbonyl (C=O) groups is 1. The van der Waals surface area contributed by atoms with Gasteiger partial charge in [0.15, 0.2) is 0 Å². The van der Waals surface area contributed by atoms with Gasteiger partial charge in [-0.25, -0.2) is 9.78 Å². The summed E-state index contributed by atoms with van der Waals surface area (Å²) < 4.78 is 5.45. The third-order valence-corrected chi connectivity index (χ3v) is 4.98. The summed E-state index contributed by atoms with van der Waals surface area (Å²) in [5.74, 6) is 1.29. The second kappa shape index (κ2) is 8.36. The van der Waals surface area contributed by atoms with E-state index in [-0.39, 0.29) is 11.8 Å². The molecule has 29 heavy (non-hydrogen) atoms. The highest BCUT2D eigenvalue weighted by Crippen LogP contribution is 2.22. The molecule has 9 nitrogen and oxygen atoms in total. The van der Waals surface area contributed by atoms with Gasteiger partial charge in [-0.15, -0.1) is 0 Å². The number of carbonyl (C=O) groups excluding carboxylic acids is 1. The lowest BCUT2D eigenvalue weighted by Gasteiger charge is -2.34. The number of H-pyrrole nitrogens is 1. The first-order valence-electron chi connectivity index (χ1n) is 9.90. The number of ether oxygens (including phenoxy) is 1. The highest BCUT2D eigenvalue weighted by molar-refractivity contribution is 5.77. The number of amides is 1. The largest absolute Gasteiger partial charge is 0.444 e. The van der Waals surface area contributed by atoms with Gasteiger partial charge in [0, 0.05) is 31.8 Å². The molecule has 1 saturated heterocycles. The summed E-state index contributed by atoms with van der Waals surface area (Å²) in [4.78, 5) is 34.4. The van der Waals surface area contributed by atoms with Crippen LogP contribution in [0.4, 0.5) is 10.5 Å². The quantitative estimate of drug-likeness (QED) is 0.605. The average Bonchev–Trinajstić information content (AvgIpc) is 3.01. The number of benzene rings is 1. The Hall–Kier alpha value is -2.68.